The molecule has 5 heteroatoms. The number of likely N-dealkylation sites (tertiary alicyclic amines) is 1. The molecule has 150 valence electrons. The van der Waals surface area contributed by atoms with Crippen molar-refractivity contribution in [1.82, 2.24) is 4.90 Å². The van der Waals surface area contributed by atoms with Crippen LogP contribution in [-0.2, 0) is 9.53 Å². The quantitative estimate of drug-likeness (QED) is 0.844. The molecule has 5 nitrogen and oxygen atoms in total. The molecular weight excluding hydrogens is 366 g/mol. The number of carboxylic acids is 1. The first kappa shape index (κ1) is 18.2. The minimum Gasteiger partial charge on any atom is -0.481 e. The summed E-state index contributed by atoms with van der Waals surface area (Å²) in [6, 6.07) is 16.6. The third-order valence-corrected chi connectivity index (χ3v) is 6.86. The molecule has 29 heavy (non-hydrogen) atoms. The fraction of sp³-hybridized carbons (Fsp3) is 0.417. The fourth-order valence-corrected chi connectivity index (χ4v) is 5.33. The molecule has 2 aromatic rings. The molecule has 3 unspecified atom stereocenters. The van der Waals surface area contributed by atoms with E-state index in [1.54, 1.807) is 4.90 Å². The number of fused-ring (bicyclic) bond motifs is 4. The van der Waals surface area contributed by atoms with E-state index in [1.165, 1.54) is 22.3 Å². The van der Waals surface area contributed by atoms with Crippen molar-refractivity contribution in [2.75, 3.05) is 19.7 Å². The van der Waals surface area contributed by atoms with Gasteiger partial charge in [0.25, 0.3) is 0 Å². The Morgan fingerprint density at radius 1 is 0.966 bits per heavy atom. The van der Waals surface area contributed by atoms with E-state index in [-0.39, 0.29) is 29.8 Å². The zero-order chi connectivity index (χ0) is 20.0. The molecule has 2 fully saturated rings. The van der Waals surface area contributed by atoms with Crippen LogP contribution in [0.3, 0.4) is 0 Å². The highest BCUT2D eigenvalue weighted by Gasteiger charge is 2.55. The van der Waals surface area contributed by atoms with Crippen LogP contribution in [0, 0.1) is 17.8 Å². The Morgan fingerprint density at radius 2 is 1.62 bits per heavy atom. The van der Waals surface area contributed by atoms with Crippen molar-refractivity contribution in [3.63, 3.8) is 0 Å². The number of hydrogen-bond donors (Lipinski definition) is 1. The van der Waals surface area contributed by atoms with Crippen molar-refractivity contribution in [3.05, 3.63) is 59.7 Å². The van der Waals surface area contributed by atoms with E-state index in [0.29, 0.717) is 19.7 Å². The van der Waals surface area contributed by atoms with E-state index < -0.39 is 5.97 Å². The zero-order valence-electron chi connectivity index (χ0n) is 16.3. The molecule has 0 bridgehead atoms. The number of nitrogens with zero attached hydrogens (tertiary/aromatic N) is 1. The number of ether oxygens (including phenoxy) is 1. The summed E-state index contributed by atoms with van der Waals surface area (Å²) in [6.45, 7) is 1.45. The second-order valence-corrected chi connectivity index (χ2v) is 8.44. The summed E-state index contributed by atoms with van der Waals surface area (Å²) in [5.74, 6) is -0.683. The number of benzene rings is 2. The lowest BCUT2D eigenvalue weighted by molar-refractivity contribution is -0.139. The molecule has 5 rings (SSSR count). The van der Waals surface area contributed by atoms with Crippen molar-refractivity contribution in [2.24, 2.45) is 17.8 Å². The third kappa shape index (κ3) is 3.18. The Balaban J connectivity index is 1.29. The molecule has 1 saturated heterocycles. The van der Waals surface area contributed by atoms with Crippen molar-refractivity contribution in [2.45, 2.75) is 25.2 Å². The lowest BCUT2D eigenvalue weighted by Gasteiger charge is -2.25. The van der Waals surface area contributed by atoms with Crippen LogP contribution in [0.2, 0.25) is 0 Å². The predicted molar refractivity (Wildman–Crippen MR) is 109 cm³/mol. The van der Waals surface area contributed by atoms with Gasteiger partial charge in [-0.05, 0) is 46.9 Å². The molecule has 3 atom stereocenters. The summed E-state index contributed by atoms with van der Waals surface area (Å²) < 4.78 is 5.78. The Morgan fingerprint density at radius 3 is 2.28 bits per heavy atom. The van der Waals surface area contributed by atoms with Gasteiger partial charge in [-0.15, -0.1) is 0 Å². The summed E-state index contributed by atoms with van der Waals surface area (Å²) in [5.41, 5.74) is 4.81. The van der Waals surface area contributed by atoms with Crippen molar-refractivity contribution >= 4 is 12.1 Å². The number of rotatable bonds is 3. The van der Waals surface area contributed by atoms with Gasteiger partial charge in [-0.25, -0.2) is 4.79 Å². The fourth-order valence-electron chi connectivity index (χ4n) is 5.33. The Bertz CT molecular complexity index is 910. The van der Waals surface area contributed by atoms with Crippen LogP contribution >= 0.6 is 0 Å². The Kier molecular flexibility index (Phi) is 4.53. The standard InChI is InChI=1S/C24H25NO4/c26-23(27)22-19-11-5-6-12-25(13-20(19)22)24(28)29-14-21-17-9-3-1-7-15(17)16-8-2-4-10-18(16)21/h1-4,7-10,19-22H,5-6,11-14H2,(H,26,27). The number of aliphatic carboxylic acids is 1. The Hall–Kier alpha value is -2.82. The minimum absolute atomic E-state index is 0.0431. The molecule has 0 aromatic heterocycles. The maximum absolute atomic E-state index is 12.8. The van der Waals surface area contributed by atoms with Crippen LogP contribution in [0.4, 0.5) is 4.79 Å². The summed E-state index contributed by atoms with van der Waals surface area (Å²) in [6.07, 6.45) is 2.52. The number of carbonyl (C=O) groups is 2. The molecule has 1 saturated carbocycles. The topological polar surface area (TPSA) is 66.8 Å². The number of carbonyl (C=O) groups excluding carboxylic acids is 1. The lowest BCUT2D eigenvalue weighted by atomic mass is 9.98. The van der Waals surface area contributed by atoms with E-state index in [1.807, 2.05) is 24.3 Å². The summed E-state index contributed by atoms with van der Waals surface area (Å²) in [7, 11) is 0. The zero-order valence-corrected chi connectivity index (χ0v) is 16.3. The van der Waals surface area contributed by atoms with E-state index in [4.69, 9.17) is 4.74 Å². The monoisotopic (exact) mass is 391 g/mol. The van der Waals surface area contributed by atoms with Crippen LogP contribution in [0.25, 0.3) is 11.1 Å². The van der Waals surface area contributed by atoms with Crippen LogP contribution in [0.1, 0.15) is 36.3 Å². The van der Waals surface area contributed by atoms with E-state index in [9.17, 15) is 14.7 Å². The number of hydrogen-bond acceptors (Lipinski definition) is 3. The third-order valence-electron chi connectivity index (χ3n) is 6.86. The average Bonchev–Trinajstić information content (AvgIpc) is 3.28. The van der Waals surface area contributed by atoms with Gasteiger partial charge in [0.2, 0.25) is 0 Å². The summed E-state index contributed by atoms with van der Waals surface area (Å²) in [5, 5.41) is 9.39. The normalized spacial score (nSPS) is 25.2. The molecule has 2 aromatic carbocycles. The molecule has 0 radical (unpaired) electrons. The summed E-state index contributed by atoms with van der Waals surface area (Å²) in [4.78, 5) is 26.0. The van der Waals surface area contributed by atoms with E-state index >= 15 is 0 Å². The van der Waals surface area contributed by atoms with Gasteiger partial charge in [0, 0.05) is 19.0 Å². The van der Waals surface area contributed by atoms with Gasteiger partial charge >= 0.3 is 12.1 Å². The van der Waals surface area contributed by atoms with Gasteiger partial charge in [-0.3, -0.25) is 4.79 Å². The number of amides is 1. The minimum atomic E-state index is -0.727. The van der Waals surface area contributed by atoms with Crippen LogP contribution in [0.5, 0.6) is 0 Å². The molecule has 3 aliphatic rings. The maximum atomic E-state index is 12.8. The highest BCUT2D eigenvalue weighted by atomic mass is 16.6. The highest BCUT2D eigenvalue weighted by Crippen LogP contribution is 2.51. The van der Waals surface area contributed by atoms with Crippen LogP contribution in [0.15, 0.2) is 48.5 Å². The molecule has 1 amide bonds. The first-order chi connectivity index (χ1) is 14.1. The summed E-state index contributed by atoms with van der Waals surface area (Å²) >= 11 is 0. The lowest BCUT2D eigenvalue weighted by Crippen LogP contribution is -2.36. The van der Waals surface area contributed by atoms with Crippen LogP contribution in [-0.4, -0.2) is 41.8 Å². The first-order valence-corrected chi connectivity index (χ1v) is 10.5. The second-order valence-electron chi connectivity index (χ2n) is 8.44. The van der Waals surface area contributed by atoms with E-state index in [0.717, 1.165) is 19.3 Å². The Labute approximate surface area is 170 Å². The van der Waals surface area contributed by atoms with E-state index in [2.05, 4.69) is 24.3 Å². The van der Waals surface area contributed by atoms with Crippen LogP contribution < -0.4 is 0 Å². The van der Waals surface area contributed by atoms with Gasteiger partial charge in [0.15, 0.2) is 0 Å². The highest BCUT2D eigenvalue weighted by molar-refractivity contribution is 5.79. The van der Waals surface area contributed by atoms with Gasteiger partial charge in [-0.2, -0.15) is 0 Å². The van der Waals surface area contributed by atoms with Gasteiger partial charge in [0.1, 0.15) is 6.61 Å². The van der Waals surface area contributed by atoms with Crippen molar-refractivity contribution in [3.8, 4) is 11.1 Å². The van der Waals surface area contributed by atoms with Gasteiger partial charge in [0.05, 0.1) is 5.92 Å². The smallest absolute Gasteiger partial charge is 0.409 e. The molecule has 0 spiro atoms. The average molecular weight is 391 g/mol. The molecule has 1 aliphatic heterocycles. The SMILES string of the molecule is O=C(O)C1C2CCCCN(C(=O)OCC3c4ccccc4-c4ccccc43)CC21. The molecule has 2 aliphatic carbocycles. The first-order valence-electron chi connectivity index (χ1n) is 10.5. The largest absolute Gasteiger partial charge is 0.481 e. The van der Waals surface area contributed by atoms with Gasteiger partial charge in [-0.1, -0.05) is 55.0 Å². The molecule has 1 N–H and O–H groups in total. The van der Waals surface area contributed by atoms with Crippen molar-refractivity contribution < 1.29 is 19.4 Å². The predicted octanol–water partition coefficient (Wildman–Crippen LogP) is 4.37. The van der Waals surface area contributed by atoms with Gasteiger partial charge < -0.3 is 14.7 Å². The molecule has 1 heterocycles. The molecular formula is C24H25NO4. The maximum Gasteiger partial charge on any atom is 0.409 e. The van der Waals surface area contributed by atoms with Crippen molar-refractivity contribution in [1.29, 1.82) is 0 Å². The number of carboxylic acid groups (broad SMARTS) is 1. The second kappa shape index (κ2) is 7.21.